The summed E-state index contributed by atoms with van der Waals surface area (Å²) in [4.78, 5) is 12.7. The second-order valence-corrected chi connectivity index (χ2v) is 3.34. The second-order valence-electron chi connectivity index (χ2n) is 3.34. The molecule has 1 saturated heterocycles. The first-order valence-corrected chi connectivity index (χ1v) is 4.60. The molecular formula is C9H17N2O2. The van der Waals surface area contributed by atoms with Gasteiger partial charge in [-0.15, -0.1) is 0 Å². The lowest BCUT2D eigenvalue weighted by atomic mass is 10.1. The van der Waals surface area contributed by atoms with Crippen LogP contribution in [0.1, 0.15) is 12.8 Å². The van der Waals surface area contributed by atoms with E-state index in [-0.39, 0.29) is 5.91 Å². The van der Waals surface area contributed by atoms with Crippen molar-refractivity contribution in [1.29, 1.82) is 0 Å². The van der Waals surface area contributed by atoms with Gasteiger partial charge in [0, 0.05) is 26.7 Å². The third-order valence-corrected chi connectivity index (χ3v) is 2.42. The zero-order valence-corrected chi connectivity index (χ0v) is 8.03. The molecule has 1 radical (unpaired) electrons. The number of hydrogen-bond acceptors (Lipinski definition) is 3. The summed E-state index contributed by atoms with van der Waals surface area (Å²) in [5, 5.41) is 0. The van der Waals surface area contributed by atoms with E-state index in [9.17, 15) is 4.79 Å². The van der Waals surface area contributed by atoms with Gasteiger partial charge in [-0.1, -0.05) is 0 Å². The molecule has 1 aliphatic heterocycles. The minimum Gasteiger partial charge on any atom is -0.381 e. The van der Waals surface area contributed by atoms with E-state index in [1.54, 1.807) is 7.11 Å². The van der Waals surface area contributed by atoms with Gasteiger partial charge in [0.15, 0.2) is 0 Å². The molecule has 1 amide bonds. The normalized spacial score (nSPS) is 20.4. The van der Waals surface area contributed by atoms with E-state index >= 15 is 0 Å². The molecule has 0 atom stereocenters. The number of likely N-dealkylation sites (tertiary alicyclic amines) is 1. The molecule has 1 aliphatic rings. The van der Waals surface area contributed by atoms with Crippen molar-refractivity contribution in [2.75, 3.05) is 26.7 Å². The van der Waals surface area contributed by atoms with Gasteiger partial charge in [-0.05, 0) is 12.8 Å². The van der Waals surface area contributed by atoms with Crippen LogP contribution in [0.25, 0.3) is 0 Å². The van der Waals surface area contributed by atoms with Gasteiger partial charge < -0.3 is 15.4 Å². The summed E-state index contributed by atoms with van der Waals surface area (Å²) < 4.78 is 5.24. The fourth-order valence-corrected chi connectivity index (χ4v) is 1.55. The predicted octanol–water partition coefficient (Wildman–Crippen LogP) is -0.213. The van der Waals surface area contributed by atoms with Crippen molar-refractivity contribution in [1.82, 2.24) is 4.90 Å². The molecule has 0 aromatic rings. The Morgan fingerprint density at radius 3 is 2.69 bits per heavy atom. The first-order valence-electron chi connectivity index (χ1n) is 4.60. The molecular weight excluding hydrogens is 168 g/mol. The molecule has 0 spiro atoms. The molecule has 2 N–H and O–H groups in total. The number of rotatable bonds is 4. The van der Waals surface area contributed by atoms with E-state index in [0.717, 1.165) is 25.9 Å². The Kier molecular flexibility index (Phi) is 4.18. The van der Waals surface area contributed by atoms with Crippen LogP contribution in [0.5, 0.6) is 0 Å². The second kappa shape index (κ2) is 5.19. The SMILES string of the molecule is COC1CCN(C[CH]C(N)=O)CC1. The van der Waals surface area contributed by atoms with Gasteiger partial charge >= 0.3 is 0 Å². The van der Waals surface area contributed by atoms with Crippen molar-refractivity contribution in [3.8, 4) is 0 Å². The largest absolute Gasteiger partial charge is 0.381 e. The quantitative estimate of drug-likeness (QED) is 0.659. The van der Waals surface area contributed by atoms with Crippen LogP contribution >= 0.6 is 0 Å². The summed E-state index contributed by atoms with van der Waals surface area (Å²) in [5.41, 5.74) is 5.02. The zero-order chi connectivity index (χ0) is 9.68. The predicted molar refractivity (Wildman–Crippen MR) is 50.0 cm³/mol. The molecule has 0 bridgehead atoms. The average Bonchev–Trinajstić information content (AvgIpc) is 2.15. The highest BCUT2D eigenvalue weighted by Gasteiger charge is 2.18. The van der Waals surface area contributed by atoms with Crippen molar-refractivity contribution in [3.63, 3.8) is 0 Å². The summed E-state index contributed by atoms with van der Waals surface area (Å²) >= 11 is 0. The van der Waals surface area contributed by atoms with E-state index in [0.29, 0.717) is 12.6 Å². The standard InChI is InChI=1S/C9H17N2O2/c1-13-8-2-5-11(6-3-8)7-4-9(10)12/h4,8H,2-3,5-7H2,1H3,(H2,10,12). The minimum absolute atomic E-state index is 0.339. The molecule has 4 heteroatoms. The van der Waals surface area contributed by atoms with Crippen LogP contribution in [0.15, 0.2) is 0 Å². The Labute approximate surface area is 79.0 Å². The first kappa shape index (κ1) is 10.5. The summed E-state index contributed by atoms with van der Waals surface area (Å²) in [6.07, 6.45) is 4.00. The first-order chi connectivity index (χ1) is 6.22. The number of nitrogens with zero attached hydrogens (tertiary/aromatic N) is 1. The van der Waals surface area contributed by atoms with Crippen LogP contribution in [0.4, 0.5) is 0 Å². The molecule has 4 nitrogen and oxygen atoms in total. The molecule has 0 unspecified atom stereocenters. The summed E-state index contributed by atoms with van der Waals surface area (Å²) in [7, 11) is 1.75. The van der Waals surface area contributed by atoms with Crippen LogP contribution in [-0.4, -0.2) is 43.7 Å². The maximum absolute atomic E-state index is 10.5. The highest BCUT2D eigenvalue weighted by molar-refractivity contribution is 5.83. The third kappa shape index (κ3) is 3.74. The summed E-state index contributed by atoms with van der Waals surface area (Å²) in [5.74, 6) is -0.339. The van der Waals surface area contributed by atoms with Gasteiger partial charge in [0.2, 0.25) is 5.91 Å². The van der Waals surface area contributed by atoms with Crippen LogP contribution in [-0.2, 0) is 9.53 Å². The summed E-state index contributed by atoms with van der Waals surface area (Å²) in [6, 6.07) is 0. The van der Waals surface area contributed by atoms with Gasteiger partial charge in [0.05, 0.1) is 12.5 Å². The van der Waals surface area contributed by atoms with E-state index in [1.807, 2.05) is 0 Å². The lowest BCUT2D eigenvalue weighted by Gasteiger charge is -2.30. The molecule has 75 valence electrons. The van der Waals surface area contributed by atoms with Gasteiger partial charge in [0.25, 0.3) is 0 Å². The van der Waals surface area contributed by atoms with E-state index < -0.39 is 0 Å². The zero-order valence-electron chi connectivity index (χ0n) is 8.03. The fourth-order valence-electron chi connectivity index (χ4n) is 1.55. The van der Waals surface area contributed by atoms with E-state index in [1.165, 1.54) is 6.42 Å². The molecule has 0 aliphatic carbocycles. The number of nitrogens with two attached hydrogens (primary N) is 1. The van der Waals surface area contributed by atoms with Gasteiger partial charge in [-0.3, -0.25) is 4.79 Å². The number of methoxy groups -OCH3 is 1. The molecule has 13 heavy (non-hydrogen) atoms. The number of primary amides is 1. The van der Waals surface area contributed by atoms with Crippen molar-refractivity contribution in [2.24, 2.45) is 5.73 Å². The lowest BCUT2D eigenvalue weighted by molar-refractivity contribution is -0.115. The number of ether oxygens (including phenoxy) is 1. The molecule has 0 saturated carbocycles. The Balaban J connectivity index is 2.14. The summed E-state index contributed by atoms with van der Waals surface area (Å²) in [6.45, 7) is 2.65. The van der Waals surface area contributed by atoms with Gasteiger partial charge in [-0.2, -0.15) is 0 Å². The van der Waals surface area contributed by atoms with Crippen LogP contribution in [0.3, 0.4) is 0 Å². The number of hydrogen-bond donors (Lipinski definition) is 1. The Bertz CT molecular complexity index is 165. The van der Waals surface area contributed by atoms with Crippen LogP contribution < -0.4 is 5.73 Å². The Morgan fingerprint density at radius 1 is 1.62 bits per heavy atom. The maximum atomic E-state index is 10.5. The van der Waals surface area contributed by atoms with Gasteiger partial charge in [0.1, 0.15) is 0 Å². The Morgan fingerprint density at radius 2 is 2.23 bits per heavy atom. The topological polar surface area (TPSA) is 55.6 Å². The molecule has 1 rings (SSSR count). The van der Waals surface area contributed by atoms with Crippen molar-refractivity contribution >= 4 is 5.91 Å². The third-order valence-electron chi connectivity index (χ3n) is 2.42. The molecule has 1 fully saturated rings. The van der Waals surface area contributed by atoms with Crippen molar-refractivity contribution < 1.29 is 9.53 Å². The lowest BCUT2D eigenvalue weighted by Crippen LogP contribution is -2.38. The molecule has 0 aromatic heterocycles. The molecule has 0 aromatic carbocycles. The smallest absolute Gasteiger partial charge is 0.222 e. The highest BCUT2D eigenvalue weighted by Crippen LogP contribution is 2.12. The monoisotopic (exact) mass is 185 g/mol. The Hall–Kier alpha value is -0.610. The van der Waals surface area contributed by atoms with E-state index in [2.05, 4.69) is 4.90 Å². The van der Waals surface area contributed by atoms with Crippen LogP contribution in [0.2, 0.25) is 0 Å². The number of carbonyl (C=O) groups excluding carboxylic acids is 1. The number of carbonyl (C=O) groups is 1. The van der Waals surface area contributed by atoms with Gasteiger partial charge in [-0.25, -0.2) is 0 Å². The van der Waals surface area contributed by atoms with Crippen LogP contribution in [0, 0.1) is 6.42 Å². The van der Waals surface area contributed by atoms with Crippen molar-refractivity contribution in [2.45, 2.75) is 18.9 Å². The van der Waals surface area contributed by atoms with E-state index in [4.69, 9.17) is 10.5 Å². The molecule has 1 heterocycles. The van der Waals surface area contributed by atoms with Crippen molar-refractivity contribution in [3.05, 3.63) is 6.42 Å². The highest BCUT2D eigenvalue weighted by atomic mass is 16.5. The minimum atomic E-state index is -0.339. The number of amides is 1. The number of piperidine rings is 1. The average molecular weight is 185 g/mol. The maximum Gasteiger partial charge on any atom is 0.222 e. The fraction of sp³-hybridized carbons (Fsp3) is 0.778.